The van der Waals surface area contributed by atoms with Gasteiger partial charge in [0.25, 0.3) is 5.91 Å². The molecule has 184 valence electrons. The number of likely N-dealkylation sites (tertiary alicyclic amines) is 1. The molecule has 3 aliphatic rings. The summed E-state index contributed by atoms with van der Waals surface area (Å²) < 4.78 is 1.86. The summed E-state index contributed by atoms with van der Waals surface area (Å²) in [6.45, 7) is 3.29. The molecule has 0 saturated carbocycles. The summed E-state index contributed by atoms with van der Waals surface area (Å²) in [6, 6.07) is 9.46. The van der Waals surface area contributed by atoms with Gasteiger partial charge >= 0.3 is 0 Å². The summed E-state index contributed by atoms with van der Waals surface area (Å²) >= 11 is 0. The zero-order chi connectivity index (χ0) is 24.6. The van der Waals surface area contributed by atoms with Crippen LogP contribution >= 0.6 is 0 Å². The monoisotopic (exact) mass is 484 g/mol. The molecule has 1 aromatic carbocycles. The quantitative estimate of drug-likeness (QED) is 0.559. The zero-order valence-corrected chi connectivity index (χ0v) is 20.0. The number of carbonyl (C=O) groups is 3. The van der Waals surface area contributed by atoms with Gasteiger partial charge in [0.05, 0.1) is 18.1 Å². The summed E-state index contributed by atoms with van der Waals surface area (Å²) in [5.41, 5.74) is 5.05. The average Bonchev–Trinajstić information content (AvgIpc) is 3.49. The first-order valence-electron chi connectivity index (χ1n) is 12.5. The lowest BCUT2D eigenvalue weighted by Crippen LogP contribution is -2.52. The van der Waals surface area contributed by atoms with Crippen LogP contribution in [0.2, 0.25) is 0 Å². The summed E-state index contributed by atoms with van der Waals surface area (Å²) in [5, 5.41) is 6.84. The maximum atomic E-state index is 13.0. The predicted octanol–water partition coefficient (Wildman–Crippen LogP) is 2.41. The maximum absolute atomic E-state index is 13.0. The highest BCUT2D eigenvalue weighted by Gasteiger charge is 2.39. The van der Waals surface area contributed by atoms with E-state index in [0.29, 0.717) is 24.4 Å². The Labute approximate surface area is 209 Å². The molecule has 0 radical (unpaired) electrons. The van der Waals surface area contributed by atoms with Gasteiger partial charge in [0.1, 0.15) is 6.04 Å². The third kappa shape index (κ3) is 4.30. The molecule has 0 bridgehead atoms. The molecule has 1 N–H and O–H groups in total. The SMILES string of the molecule is O=C1CCC(N2Cc3cc(C4CCN(Cc5cnn(-c6cccnc6)c5)CC4)ccc3C2=O)C(=O)N1. The minimum Gasteiger partial charge on any atom is -0.322 e. The van der Waals surface area contributed by atoms with Crippen LogP contribution in [0, 0.1) is 0 Å². The fourth-order valence-electron chi connectivity index (χ4n) is 5.60. The van der Waals surface area contributed by atoms with Crippen LogP contribution in [0.3, 0.4) is 0 Å². The lowest BCUT2D eigenvalue weighted by atomic mass is 9.88. The fourth-order valence-corrected chi connectivity index (χ4v) is 5.60. The number of benzene rings is 1. The normalized spacial score (nSPS) is 21.1. The van der Waals surface area contributed by atoms with Crippen LogP contribution in [0.1, 0.15) is 58.6 Å². The van der Waals surface area contributed by atoms with Crippen molar-refractivity contribution in [2.75, 3.05) is 13.1 Å². The van der Waals surface area contributed by atoms with E-state index in [1.807, 2.05) is 29.1 Å². The van der Waals surface area contributed by atoms with Crippen LogP contribution < -0.4 is 5.32 Å². The van der Waals surface area contributed by atoms with E-state index in [1.165, 1.54) is 11.1 Å². The molecular weight excluding hydrogens is 456 g/mol. The summed E-state index contributed by atoms with van der Waals surface area (Å²) in [7, 11) is 0. The van der Waals surface area contributed by atoms with Crippen LogP contribution in [-0.4, -0.2) is 61.4 Å². The van der Waals surface area contributed by atoms with Gasteiger partial charge in [-0.3, -0.25) is 29.6 Å². The molecule has 1 unspecified atom stereocenters. The zero-order valence-electron chi connectivity index (χ0n) is 20.0. The van der Waals surface area contributed by atoms with Crippen LogP contribution in [-0.2, 0) is 22.7 Å². The van der Waals surface area contributed by atoms with Crippen molar-refractivity contribution < 1.29 is 14.4 Å². The summed E-state index contributed by atoms with van der Waals surface area (Å²) in [5.74, 6) is -0.306. The molecule has 0 spiro atoms. The van der Waals surface area contributed by atoms with E-state index in [4.69, 9.17) is 0 Å². The molecule has 2 aromatic heterocycles. The molecule has 9 nitrogen and oxygen atoms in total. The molecule has 3 aromatic rings. The van der Waals surface area contributed by atoms with Crippen LogP contribution in [0.25, 0.3) is 5.69 Å². The number of piperidine rings is 2. The number of nitrogens with one attached hydrogen (secondary N) is 1. The van der Waals surface area contributed by atoms with Crippen molar-refractivity contribution in [1.82, 2.24) is 29.9 Å². The Hall–Kier alpha value is -3.85. The number of nitrogens with zero attached hydrogens (tertiary/aromatic N) is 5. The Bertz CT molecular complexity index is 1310. The molecule has 1 atom stereocenters. The molecule has 2 fully saturated rings. The number of rotatable bonds is 5. The number of hydrogen-bond acceptors (Lipinski definition) is 6. The maximum Gasteiger partial charge on any atom is 0.255 e. The Balaban J connectivity index is 1.07. The number of aromatic nitrogens is 3. The Morgan fingerprint density at radius 2 is 1.89 bits per heavy atom. The minimum absolute atomic E-state index is 0.118. The van der Waals surface area contributed by atoms with E-state index >= 15 is 0 Å². The lowest BCUT2D eigenvalue weighted by molar-refractivity contribution is -0.136. The summed E-state index contributed by atoms with van der Waals surface area (Å²) in [6.07, 6.45) is 10.3. The third-order valence-electron chi connectivity index (χ3n) is 7.56. The molecular formula is C27H28N6O3. The minimum atomic E-state index is -0.572. The van der Waals surface area contributed by atoms with Gasteiger partial charge in [0.15, 0.2) is 0 Å². The molecule has 2 saturated heterocycles. The van der Waals surface area contributed by atoms with E-state index in [9.17, 15) is 14.4 Å². The van der Waals surface area contributed by atoms with E-state index in [-0.39, 0.29) is 24.1 Å². The van der Waals surface area contributed by atoms with Crippen molar-refractivity contribution in [2.45, 2.75) is 50.7 Å². The second kappa shape index (κ2) is 9.31. The van der Waals surface area contributed by atoms with Crippen molar-refractivity contribution in [3.05, 3.63) is 77.4 Å². The van der Waals surface area contributed by atoms with Gasteiger partial charge in [0.2, 0.25) is 11.8 Å². The van der Waals surface area contributed by atoms with Gasteiger partial charge in [-0.15, -0.1) is 0 Å². The van der Waals surface area contributed by atoms with Crippen molar-refractivity contribution >= 4 is 17.7 Å². The van der Waals surface area contributed by atoms with E-state index in [1.54, 1.807) is 17.3 Å². The van der Waals surface area contributed by atoms with Crippen molar-refractivity contribution in [3.63, 3.8) is 0 Å². The lowest BCUT2D eigenvalue weighted by Gasteiger charge is -2.32. The van der Waals surface area contributed by atoms with Gasteiger partial charge in [0, 0.05) is 43.0 Å². The topological polar surface area (TPSA) is 100 Å². The number of carbonyl (C=O) groups excluding carboxylic acids is 3. The van der Waals surface area contributed by atoms with E-state index in [2.05, 4.69) is 38.6 Å². The van der Waals surface area contributed by atoms with Gasteiger partial charge in [-0.25, -0.2) is 4.68 Å². The Morgan fingerprint density at radius 1 is 1.03 bits per heavy atom. The molecule has 36 heavy (non-hydrogen) atoms. The first-order chi connectivity index (χ1) is 17.5. The highest BCUT2D eigenvalue weighted by molar-refractivity contribution is 6.05. The third-order valence-corrected chi connectivity index (χ3v) is 7.56. The predicted molar refractivity (Wildman–Crippen MR) is 131 cm³/mol. The van der Waals surface area contributed by atoms with Gasteiger partial charge < -0.3 is 4.90 Å². The molecule has 3 amide bonds. The van der Waals surface area contributed by atoms with Gasteiger partial charge in [-0.1, -0.05) is 12.1 Å². The Kier molecular flexibility index (Phi) is 5.85. The van der Waals surface area contributed by atoms with E-state index in [0.717, 1.165) is 43.7 Å². The first-order valence-corrected chi connectivity index (χ1v) is 12.5. The van der Waals surface area contributed by atoms with Crippen LogP contribution in [0.4, 0.5) is 0 Å². The second-order valence-electron chi connectivity index (χ2n) is 9.87. The molecule has 6 rings (SSSR count). The van der Waals surface area contributed by atoms with Crippen molar-refractivity contribution in [2.24, 2.45) is 0 Å². The summed E-state index contributed by atoms with van der Waals surface area (Å²) in [4.78, 5) is 45.0. The van der Waals surface area contributed by atoms with Gasteiger partial charge in [-0.05, 0) is 67.6 Å². The number of imide groups is 1. The number of fused-ring (bicyclic) bond motifs is 1. The Morgan fingerprint density at radius 3 is 2.67 bits per heavy atom. The average molecular weight is 485 g/mol. The molecule has 3 aliphatic heterocycles. The number of hydrogen-bond donors (Lipinski definition) is 1. The fraction of sp³-hybridized carbons (Fsp3) is 0.370. The first kappa shape index (κ1) is 22.6. The molecule has 9 heteroatoms. The number of pyridine rings is 1. The smallest absolute Gasteiger partial charge is 0.255 e. The van der Waals surface area contributed by atoms with Crippen LogP contribution in [0.15, 0.2) is 55.1 Å². The van der Waals surface area contributed by atoms with Crippen LogP contribution in [0.5, 0.6) is 0 Å². The van der Waals surface area contributed by atoms with E-state index < -0.39 is 6.04 Å². The van der Waals surface area contributed by atoms with Crippen molar-refractivity contribution in [1.29, 1.82) is 0 Å². The highest BCUT2D eigenvalue weighted by Crippen LogP contribution is 2.34. The van der Waals surface area contributed by atoms with Gasteiger partial charge in [-0.2, -0.15) is 5.10 Å². The standard InChI is InChI=1S/C27H28N6O3/c34-25-6-5-24(26(35)30-25)32-17-21-12-20(3-4-23(21)27(32)36)19-7-10-31(11-8-19)15-18-13-29-33(16-18)22-2-1-9-28-14-22/h1-4,9,12-14,16,19,24H,5-8,10-11,15,17H2,(H,30,34,35). The highest BCUT2D eigenvalue weighted by atomic mass is 16.2. The molecule has 0 aliphatic carbocycles. The number of amides is 3. The molecule has 5 heterocycles. The second-order valence-corrected chi connectivity index (χ2v) is 9.87. The van der Waals surface area contributed by atoms with Crippen molar-refractivity contribution in [3.8, 4) is 5.69 Å². The largest absolute Gasteiger partial charge is 0.322 e.